The Labute approximate surface area is 243 Å². The number of unbranched alkanes of at least 4 members (excludes halogenated alkanes) is 1. The van der Waals surface area contributed by atoms with Crippen LogP contribution in [0.15, 0.2) is 60.8 Å². The highest BCUT2D eigenvalue weighted by molar-refractivity contribution is 7.47. The fourth-order valence-electron chi connectivity index (χ4n) is 2.92. The number of aliphatic hydroxyl groups excluding tert-OH is 1. The first-order chi connectivity index (χ1) is 19.6. The number of phosphoric ester groups is 1. The lowest BCUT2D eigenvalue weighted by Gasteiger charge is -2.18. The number of aliphatic carboxylic acids is 1. The van der Waals surface area contributed by atoms with Gasteiger partial charge in [-0.3, -0.25) is 18.6 Å². The molecule has 0 aromatic heterocycles. The molecule has 11 nitrogen and oxygen atoms in total. The Morgan fingerprint density at radius 3 is 1.83 bits per heavy atom. The first-order valence-corrected chi connectivity index (χ1v) is 15.3. The second kappa shape index (κ2) is 24.9. The zero-order valence-electron chi connectivity index (χ0n) is 24.1. The molecule has 0 aromatic rings. The number of rotatable bonds is 24. The molecule has 0 fully saturated rings. The number of esters is 1. The van der Waals surface area contributed by atoms with Crippen LogP contribution < -0.4 is 5.32 Å². The van der Waals surface area contributed by atoms with Gasteiger partial charge in [0, 0.05) is 12.8 Å². The van der Waals surface area contributed by atoms with Crippen molar-refractivity contribution < 1.29 is 47.8 Å². The van der Waals surface area contributed by atoms with Crippen molar-refractivity contribution in [2.45, 2.75) is 83.8 Å². The lowest BCUT2D eigenvalue weighted by atomic mass is 10.2. The smallest absolute Gasteiger partial charge is 0.472 e. The zero-order valence-corrected chi connectivity index (χ0v) is 25.0. The second-order valence-electron chi connectivity index (χ2n) is 8.81. The van der Waals surface area contributed by atoms with Crippen LogP contribution in [-0.2, 0) is 32.7 Å². The van der Waals surface area contributed by atoms with Crippen LogP contribution in [-0.4, -0.2) is 64.9 Å². The third-order valence-electron chi connectivity index (χ3n) is 5.13. The molecule has 0 aliphatic rings. The topological polar surface area (TPSA) is 169 Å². The molecule has 0 spiro atoms. The van der Waals surface area contributed by atoms with Gasteiger partial charge in [-0.05, 0) is 44.9 Å². The van der Waals surface area contributed by atoms with E-state index < -0.39 is 57.6 Å². The number of carboxylic acid groups (broad SMARTS) is 1. The molecule has 3 unspecified atom stereocenters. The van der Waals surface area contributed by atoms with Crippen molar-refractivity contribution in [3.05, 3.63) is 60.8 Å². The molecule has 232 valence electrons. The average molecular weight is 600 g/mol. The molecular weight excluding hydrogens is 553 g/mol. The summed E-state index contributed by atoms with van der Waals surface area (Å²) in [5.41, 5.74) is 0. The van der Waals surface area contributed by atoms with Gasteiger partial charge in [0.2, 0.25) is 5.91 Å². The van der Waals surface area contributed by atoms with E-state index in [2.05, 4.69) is 74.6 Å². The quantitative estimate of drug-likeness (QED) is 0.0517. The van der Waals surface area contributed by atoms with Gasteiger partial charge in [0.15, 0.2) is 6.04 Å². The van der Waals surface area contributed by atoms with Crippen LogP contribution in [0.1, 0.15) is 71.6 Å². The van der Waals surface area contributed by atoms with Crippen molar-refractivity contribution in [1.82, 2.24) is 5.32 Å². The number of hydrogen-bond donors (Lipinski definition) is 4. The van der Waals surface area contributed by atoms with Gasteiger partial charge >= 0.3 is 19.8 Å². The molecule has 1 amide bonds. The van der Waals surface area contributed by atoms with Crippen molar-refractivity contribution in [3.8, 4) is 0 Å². The average Bonchev–Trinajstić information content (AvgIpc) is 2.94. The third-order valence-corrected chi connectivity index (χ3v) is 6.08. The van der Waals surface area contributed by atoms with Gasteiger partial charge in [0.25, 0.3) is 0 Å². The van der Waals surface area contributed by atoms with E-state index >= 15 is 0 Å². The van der Waals surface area contributed by atoms with Gasteiger partial charge in [-0.1, -0.05) is 74.6 Å². The van der Waals surface area contributed by atoms with E-state index in [0.29, 0.717) is 12.8 Å². The van der Waals surface area contributed by atoms with Crippen LogP contribution in [0.5, 0.6) is 0 Å². The first-order valence-electron chi connectivity index (χ1n) is 13.8. The van der Waals surface area contributed by atoms with Gasteiger partial charge in [-0.25, -0.2) is 9.36 Å². The molecule has 0 heterocycles. The Balaban J connectivity index is 4.14. The van der Waals surface area contributed by atoms with E-state index in [9.17, 15) is 34.1 Å². The highest BCUT2D eigenvalue weighted by atomic mass is 31.2. The van der Waals surface area contributed by atoms with Gasteiger partial charge in [-0.15, -0.1) is 0 Å². The number of carbonyl (C=O) groups excluding carboxylic acids is 2. The van der Waals surface area contributed by atoms with Gasteiger partial charge in [0.05, 0.1) is 13.2 Å². The van der Waals surface area contributed by atoms with Crippen molar-refractivity contribution in [3.63, 3.8) is 0 Å². The number of carboxylic acids is 1. The van der Waals surface area contributed by atoms with E-state index in [-0.39, 0.29) is 12.8 Å². The highest BCUT2D eigenvalue weighted by Gasteiger charge is 2.28. The van der Waals surface area contributed by atoms with E-state index in [4.69, 9.17) is 0 Å². The van der Waals surface area contributed by atoms with E-state index in [1.807, 2.05) is 12.2 Å². The van der Waals surface area contributed by atoms with Crippen molar-refractivity contribution >= 4 is 25.7 Å². The van der Waals surface area contributed by atoms with Crippen LogP contribution in [0.2, 0.25) is 0 Å². The minimum absolute atomic E-state index is 0.0635. The highest BCUT2D eigenvalue weighted by Crippen LogP contribution is 2.43. The number of amides is 1. The van der Waals surface area contributed by atoms with E-state index in [1.165, 1.54) is 0 Å². The minimum atomic E-state index is -4.73. The van der Waals surface area contributed by atoms with Crippen LogP contribution >= 0.6 is 7.82 Å². The van der Waals surface area contributed by atoms with E-state index in [0.717, 1.165) is 32.1 Å². The summed E-state index contributed by atoms with van der Waals surface area (Å²) in [5, 5.41) is 21.2. The maximum atomic E-state index is 12.1. The number of aliphatic hydroxyl groups is 1. The fraction of sp³-hybridized carbons (Fsp3) is 0.552. The summed E-state index contributed by atoms with van der Waals surface area (Å²) in [6.07, 6.45) is 25.4. The van der Waals surface area contributed by atoms with E-state index in [1.54, 1.807) is 6.92 Å². The third kappa shape index (κ3) is 24.7. The molecule has 0 aliphatic heterocycles. The molecule has 4 N–H and O–H groups in total. The maximum absolute atomic E-state index is 12.1. The molecular formula is C29H46NO10P. The summed E-state index contributed by atoms with van der Waals surface area (Å²) >= 11 is 0. The molecule has 12 heteroatoms. The number of phosphoric acid groups is 1. The molecule has 0 rings (SSSR count). The number of ether oxygens (including phenoxy) is 1. The number of nitrogens with one attached hydrogen (secondary N) is 1. The summed E-state index contributed by atoms with van der Waals surface area (Å²) in [4.78, 5) is 44.2. The summed E-state index contributed by atoms with van der Waals surface area (Å²) in [6.45, 7) is 1.71. The van der Waals surface area contributed by atoms with Crippen LogP contribution in [0.25, 0.3) is 0 Å². The molecule has 0 aromatic carbocycles. The van der Waals surface area contributed by atoms with Gasteiger partial charge < -0.3 is 25.2 Å². The first kappa shape index (κ1) is 38.2. The van der Waals surface area contributed by atoms with Crippen molar-refractivity contribution in [2.24, 2.45) is 0 Å². The Morgan fingerprint density at radius 1 is 0.805 bits per heavy atom. The SMILES string of the molecule is CC/C=C\C/C=C\C/C=C\C/C=C\C/C=C\CCCC(=O)NC(COP(=O)(O)OCC(O)COC(=O)CC)C(=O)O. The standard InChI is InChI=1S/C29H46NO10P/c1-3-5-6-7-8-9-10-11-12-13-14-15-16-17-18-19-20-21-27(32)30-26(29(34)35)24-40-41(36,37)39-23-25(31)22-38-28(33)4-2/h5-6,8-9,11-12,14-15,17-18,25-26,31H,3-4,7,10,13,16,19-24H2,1-2H3,(H,30,32)(H,34,35)(H,36,37)/b6-5-,9-8-,12-11-,15-14-,18-17-. The van der Waals surface area contributed by atoms with Gasteiger partial charge in [0.1, 0.15) is 12.7 Å². The zero-order chi connectivity index (χ0) is 30.8. The second-order valence-corrected chi connectivity index (χ2v) is 10.3. The van der Waals surface area contributed by atoms with Crippen LogP contribution in [0, 0.1) is 0 Å². The lowest BCUT2D eigenvalue weighted by molar-refractivity contribution is -0.146. The Kier molecular flexibility index (Phi) is 23.2. The molecule has 0 saturated heterocycles. The monoisotopic (exact) mass is 599 g/mol. The lowest BCUT2D eigenvalue weighted by Crippen LogP contribution is -2.43. The maximum Gasteiger partial charge on any atom is 0.472 e. The predicted octanol–water partition coefficient (Wildman–Crippen LogP) is 4.93. The summed E-state index contributed by atoms with van der Waals surface area (Å²) < 4.78 is 25.8. The number of hydrogen-bond acceptors (Lipinski definition) is 8. The Hall–Kier alpha value is -2.82. The largest absolute Gasteiger partial charge is 0.480 e. The summed E-state index contributed by atoms with van der Waals surface area (Å²) in [7, 11) is -4.73. The Bertz CT molecular complexity index is 942. The molecule has 41 heavy (non-hydrogen) atoms. The molecule has 0 radical (unpaired) electrons. The molecule has 0 bridgehead atoms. The van der Waals surface area contributed by atoms with Gasteiger partial charge in [-0.2, -0.15) is 0 Å². The minimum Gasteiger partial charge on any atom is -0.480 e. The van der Waals surface area contributed by atoms with Crippen molar-refractivity contribution in [2.75, 3.05) is 19.8 Å². The summed E-state index contributed by atoms with van der Waals surface area (Å²) in [6, 6.07) is -1.57. The molecule has 0 saturated carbocycles. The molecule has 3 atom stereocenters. The van der Waals surface area contributed by atoms with Crippen LogP contribution in [0.4, 0.5) is 0 Å². The number of allylic oxidation sites excluding steroid dienone is 10. The fourth-order valence-corrected chi connectivity index (χ4v) is 3.69. The summed E-state index contributed by atoms with van der Waals surface area (Å²) in [5.74, 6) is -2.57. The Morgan fingerprint density at radius 2 is 1.32 bits per heavy atom. The normalized spacial score (nSPS) is 15.2. The van der Waals surface area contributed by atoms with Crippen LogP contribution in [0.3, 0.4) is 0 Å². The predicted molar refractivity (Wildman–Crippen MR) is 157 cm³/mol. The van der Waals surface area contributed by atoms with Crippen molar-refractivity contribution in [1.29, 1.82) is 0 Å². The molecule has 0 aliphatic carbocycles. The number of carbonyl (C=O) groups is 3.